The normalized spacial score (nSPS) is 29.8. The molecular weight excluding hydrogens is 998 g/mol. The third-order valence-electron chi connectivity index (χ3n) is 19.5. The van der Waals surface area contributed by atoms with Gasteiger partial charge in [-0.3, -0.25) is 24.0 Å². The van der Waals surface area contributed by atoms with Gasteiger partial charge in [-0.25, -0.2) is 4.79 Å². The number of ether oxygens (including phenoxy) is 4. The van der Waals surface area contributed by atoms with E-state index in [9.17, 15) is 39.0 Å². The fraction of sp³-hybridized carbons (Fsp3) is 0.778. The van der Waals surface area contributed by atoms with Gasteiger partial charge in [-0.2, -0.15) is 0 Å². The predicted octanol–water partition coefficient (Wildman–Crippen LogP) is 13.5. The third-order valence-corrected chi connectivity index (χ3v) is 19.9. The monoisotopic (exact) mass is 1090 g/mol. The molecule has 0 bridgehead atoms. The van der Waals surface area contributed by atoms with Crippen LogP contribution < -0.4 is 0 Å². The van der Waals surface area contributed by atoms with Gasteiger partial charge < -0.3 is 34.1 Å². The highest BCUT2D eigenvalue weighted by Crippen LogP contribution is 2.77. The first-order valence-corrected chi connectivity index (χ1v) is 28.9. The molecule has 0 spiro atoms. The highest BCUT2D eigenvalue weighted by molar-refractivity contribution is 6.31. The number of carboxylic acid groups (broad SMARTS) is 1. The van der Waals surface area contributed by atoms with E-state index in [1.54, 1.807) is 54.5 Å². The van der Waals surface area contributed by atoms with Gasteiger partial charge >= 0.3 is 30.0 Å². The molecule has 5 aliphatic carbocycles. The molecule has 0 saturated heterocycles. The number of carbonyl (C=O) groups is 6. The predicted molar refractivity (Wildman–Crippen MR) is 298 cm³/mol. The maximum atomic E-state index is 14.7. The van der Waals surface area contributed by atoms with Gasteiger partial charge in [0.05, 0.1) is 36.3 Å². The average molecular weight is 1090 g/mol. The van der Waals surface area contributed by atoms with Crippen LogP contribution in [-0.2, 0) is 55.9 Å². The number of aliphatic hydroxyl groups is 1. The molecule has 9 atom stereocenters. The number of nitrogens with zero attached hydrogens (tertiary/aromatic N) is 1. The molecular formula is C63H96ClNO12. The van der Waals surface area contributed by atoms with Crippen LogP contribution in [0, 0.1) is 61.6 Å². The average Bonchev–Trinajstić information content (AvgIpc) is 3.57. The Labute approximate surface area is 466 Å². The molecule has 2 N–H and O–H groups in total. The standard InChI is InChI=1S/C63H96ClNO12/c1-37(2)49-42(66)32-63(45(67)36-65(53(73)77-55(6,7)8)35-38-20-22-41(64)39(30-38)31-58(13,14)76-52(72)56(9,10)33-47(68)69)29-28-61(18)40(50(49)63)21-23-44-60(17)26-25-46(59(15,16)43(60)24-27-62(44,61)19)74-48(70)34-57(11,12)51(71)75-54(3,4)5/h20,22,30,37,40,43-46,67H,21,23-29,31-36H2,1-19H3,(H,68,69). The van der Waals surface area contributed by atoms with Crippen molar-refractivity contribution in [3.63, 3.8) is 0 Å². The van der Waals surface area contributed by atoms with Crippen molar-refractivity contribution in [3.05, 3.63) is 45.5 Å². The zero-order valence-corrected chi connectivity index (χ0v) is 51.2. The number of benzene rings is 1. The second-order valence-corrected chi connectivity index (χ2v) is 30.2. The van der Waals surface area contributed by atoms with E-state index in [1.165, 1.54) is 18.7 Å². The Morgan fingerprint density at radius 2 is 1.34 bits per heavy atom. The molecule has 0 heterocycles. The number of carboxylic acids is 1. The Bertz CT molecular complexity index is 2510. The number of allylic oxidation sites excluding steroid dienone is 1. The lowest BCUT2D eigenvalue weighted by Gasteiger charge is -2.72. The van der Waals surface area contributed by atoms with E-state index in [0.29, 0.717) is 28.5 Å². The number of halogens is 1. The van der Waals surface area contributed by atoms with E-state index in [2.05, 4.69) is 48.5 Å². The van der Waals surface area contributed by atoms with Crippen LogP contribution in [0.25, 0.3) is 0 Å². The van der Waals surface area contributed by atoms with Crippen LogP contribution >= 0.6 is 11.6 Å². The molecule has 13 nitrogen and oxygen atoms in total. The molecule has 4 saturated carbocycles. The van der Waals surface area contributed by atoms with Gasteiger partial charge in [0.25, 0.3) is 0 Å². The highest BCUT2D eigenvalue weighted by Gasteiger charge is 2.71. The molecule has 1 aromatic rings. The van der Waals surface area contributed by atoms with Crippen LogP contribution in [-0.4, -0.2) is 86.4 Å². The van der Waals surface area contributed by atoms with Crippen molar-refractivity contribution >= 4 is 47.4 Å². The van der Waals surface area contributed by atoms with E-state index in [0.717, 1.165) is 56.1 Å². The van der Waals surface area contributed by atoms with Crippen molar-refractivity contribution in [2.45, 2.75) is 244 Å². The van der Waals surface area contributed by atoms with Crippen LogP contribution in [0.3, 0.4) is 0 Å². The second kappa shape index (κ2) is 21.2. The lowest BCUT2D eigenvalue weighted by Crippen LogP contribution is -2.66. The van der Waals surface area contributed by atoms with Crippen molar-refractivity contribution in [3.8, 4) is 0 Å². The Hall–Kier alpha value is -3.97. The Kier molecular flexibility index (Phi) is 17.1. The van der Waals surface area contributed by atoms with Crippen molar-refractivity contribution in [2.24, 2.45) is 61.6 Å². The zero-order valence-electron chi connectivity index (χ0n) is 50.4. The fourth-order valence-corrected chi connectivity index (χ4v) is 15.8. The van der Waals surface area contributed by atoms with Gasteiger partial charge in [-0.15, -0.1) is 0 Å². The summed E-state index contributed by atoms with van der Waals surface area (Å²) in [6.45, 7) is 37.1. The molecule has 77 heavy (non-hydrogen) atoms. The number of rotatable bonds is 16. The smallest absolute Gasteiger partial charge is 0.410 e. The van der Waals surface area contributed by atoms with E-state index in [1.807, 2.05) is 32.9 Å². The number of ketones is 1. The number of hydrogen-bond donors (Lipinski definition) is 2. The molecule has 5 aliphatic rings. The minimum Gasteiger partial charge on any atom is -0.481 e. The molecule has 0 aromatic heterocycles. The topological polar surface area (TPSA) is 183 Å². The Balaban J connectivity index is 1.27. The fourth-order valence-electron chi connectivity index (χ4n) is 15.7. The maximum absolute atomic E-state index is 14.7. The van der Waals surface area contributed by atoms with Crippen molar-refractivity contribution in [1.29, 1.82) is 0 Å². The lowest BCUT2D eigenvalue weighted by molar-refractivity contribution is -0.235. The molecule has 0 aliphatic heterocycles. The van der Waals surface area contributed by atoms with Gasteiger partial charge in [0.1, 0.15) is 22.9 Å². The van der Waals surface area contributed by atoms with Crippen molar-refractivity contribution < 1.29 is 57.9 Å². The highest BCUT2D eigenvalue weighted by atomic mass is 35.5. The van der Waals surface area contributed by atoms with Gasteiger partial charge in [0, 0.05) is 35.2 Å². The first-order chi connectivity index (χ1) is 34.9. The molecule has 9 unspecified atom stereocenters. The van der Waals surface area contributed by atoms with Crippen LogP contribution in [0.5, 0.6) is 0 Å². The van der Waals surface area contributed by atoms with Gasteiger partial charge in [0.2, 0.25) is 0 Å². The number of carbonyl (C=O) groups excluding carboxylic acids is 5. The Morgan fingerprint density at radius 3 is 1.92 bits per heavy atom. The van der Waals surface area contributed by atoms with E-state index in [-0.39, 0.29) is 96.0 Å². The van der Waals surface area contributed by atoms with Gasteiger partial charge in [0.15, 0.2) is 5.78 Å². The third kappa shape index (κ3) is 12.4. The minimum absolute atomic E-state index is 0.0377. The first-order valence-electron chi connectivity index (χ1n) is 28.5. The largest absolute Gasteiger partial charge is 0.481 e. The van der Waals surface area contributed by atoms with E-state index < -0.39 is 63.2 Å². The summed E-state index contributed by atoms with van der Waals surface area (Å²) in [6, 6.07) is 5.42. The van der Waals surface area contributed by atoms with Crippen LogP contribution in [0.2, 0.25) is 5.02 Å². The van der Waals surface area contributed by atoms with Crippen molar-refractivity contribution in [2.75, 3.05) is 6.54 Å². The molecule has 1 amide bonds. The number of fused-ring (bicyclic) bond motifs is 7. The molecule has 6 rings (SSSR count). The number of Topliss-reactive ketones (excluding diaryl/α,β-unsaturated/α-hetero) is 1. The van der Waals surface area contributed by atoms with Gasteiger partial charge in [-0.05, 0) is 197 Å². The summed E-state index contributed by atoms with van der Waals surface area (Å²) in [6.07, 6.45) is 4.74. The first kappa shape index (κ1) is 62.2. The van der Waals surface area contributed by atoms with Crippen molar-refractivity contribution in [1.82, 2.24) is 4.90 Å². The molecule has 1 aromatic carbocycles. The van der Waals surface area contributed by atoms with E-state index >= 15 is 0 Å². The summed E-state index contributed by atoms with van der Waals surface area (Å²) >= 11 is 6.79. The number of aliphatic carboxylic acids is 1. The molecule has 14 heteroatoms. The number of hydrogen-bond acceptors (Lipinski definition) is 11. The SMILES string of the molecule is CC(C)C1=C2C3CCC4C5(C)CCC(OC(=O)CC(C)(C)C(=O)OC(C)(C)C)C(C)(C)C5CCC4(C)C3(C)CCC2(C(O)CN(Cc2ccc(Cl)c(CC(C)(C)OC(=O)C(C)(C)CC(=O)O)c2)C(=O)OC(C)(C)C)CC1=O. The second-order valence-electron chi connectivity index (χ2n) is 29.8. The molecule has 0 radical (unpaired) electrons. The summed E-state index contributed by atoms with van der Waals surface area (Å²) in [7, 11) is 0. The summed E-state index contributed by atoms with van der Waals surface area (Å²) in [5.74, 6) is -1.86. The minimum atomic E-state index is -1.26. The summed E-state index contributed by atoms with van der Waals surface area (Å²) in [5.41, 5.74) is -3.15. The maximum Gasteiger partial charge on any atom is 0.410 e. The van der Waals surface area contributed by atoms with Crippen LogP contribution in [0.15, 0.2) is 29.3 Å². The number of aliphatic hydroxyl groups excluding tert-OH is 1. The summed E-state index contributed by atoms with van der Waals surface area (Å²) in [4.78, 5) is 82.1. The molecule has 432 valence electrons. The van der Waals surface area contributed by atoms with Crippen LogP contribution in [0.1, 0.15) is 213 Å². The Morgan fingerprint density at radius 1 is 0.740 bits per heavy atom. The molecule has 4 fully saturated rings. The number of esters is 3. The van der Waals surface area contributed by atoms with E-state index in [4.69, 9.17) is 30.5 Å². The lowest BCUT2D eigenvalue weighted by atomic mass is 9.33. The number of amides is 1. The van der Waals surface area contributed by atoms with Crippen LogP contribution in [0.4, 0.5) is 4.79 Å². The summed E-state index contributed by atoms with van der Waals surface area (Å²) < 4.78 is 24.0. The van der Waals surface area contributed by atoms with Gasteiger partial charge in [-0.1, -0.05) is 77.8 Å². The zero-order chi connectivity index (χ0) is 58.2. The quantitative estimate of drug-likeness (QED) is 0.118. The summed E-state index contributed by atoms with van der Waals surface area (Å²) in [5, 5.41) is 22.9.